The number of rotatable bonds is 5. The molecule has 3 aliphatic rings. The molecule has 1 fully saturated rings. The van der Waals surface area contributed by atoms with Crippen molar-refractivity contribution in [3.63, 3.8) is 0 Å². The standard InChI is InChI=1S/C22H26N2O3/c1-14(16-10-9-15-5-4-6-17(15)13-16)23-20(25)11-12-24-21(26)18-7-2-3-8-19(18)22(24)27/h2-3,9-10,13-14,18-19H,4-8,11-12H2,1H3,(H,23,25)/t14-,18-,19+/m1/s1. The number of allylic oxidation sites excluding steroid dienone is 2. The highest BCUT2D eigenvalue weighted by atomic mass is 16.2. The molecular formula is C22H26N2O3. The number of benzene rings is 1. The summed E-state index contributed by atoms with van der Waals surface area (Å²) >= 11 is 0. The van der Waals surface area contributed by atoms with Gasteiger partial charge in [0.25, 0.3) is 0 Å². The maximum Gasteiger partial charge on any atom is 0.233 e. The predicted molar refractivity (Wildman–Crippen MR) is 102 cm³/mol. The molecule has 0 bridgehead atoms. The molecule has 2 aliphatic carbocycles. The molecule has 5 nitrogen and oxygen atoms in total. The maximum atomic E-state index is 12.5. The summed E-state index contributed by atoms with van der Waals surface area (Å²) in [6.07, 6.45) is 8.82. The van der Waals surface area contributed by atoms with Gasteiger partial charge in [-0.3, -0.25) is 19.3 Å². The molecule has 0 spiro atoms. The summed E-state index contributed by atoms with van der Waals surface area (Å²) in [6.45, 7) is 2.15. The monoisotopic (exact) mass is 366 g/mol. The van der Waals surface area contributed by atoms with Crippen LogP contribution in [0.3, 0.4) is 0 Å². The lowest BCUT2D eigenvalue weighted by Gasteiger charge is -2.18. The smallest absolute Gasteiger partial charge is 0.233 e. The number of amides is 3. The van der Waals surface area contributed by atoms with Crippen LogP contribution in [0.4, 0.5) is 0 Å². The zero-order valence-electron chi connectivity index (χ0n) is 15.7. The molecule has 142 valence electrons. The zero-order valence-corrected chi connectivity index (χ0v) is 15.7. The van der Waals surface area contributed by atoms with Gasteiger partial charge in [0.2, 0.25) is 17.7 Å². The Labute approximate surface area is 159 Å². The van der Waals surface area contributed by atoms with Crippen LogP contribution < -0.4 is 5.32 Å². The van der Waals surface area contributed by atoms with Crippen molar-refractivity contribution in [2.45, 2.75) is 51.5 Å². The minimum Gasteiger partial charge on any atom is -0.350 e. The normalized spacial score (nSPS) is 24.7. The van der Waals surface area contributed by atoms with Crippen molar-refractivity contribution in [1.29, 1.82) is 0 Å². The van der Waals surface area contributed by atoms with Crippen LogP contribution in [-0.4, -0.2) is 29.2 Å². The lowest BCUT2D eigenvalue weighted by Crippen LogP contribution is -2.36. The number of hydrogen-bond donors (Lipinski definition) is 1. The van der Waals surface area contributed by atoms with E-state index in [2.05, 4.69) is 23.5 Å². The average molecular weight is 366 g/mol. The van der Waals surface area contributed by atoms with E-state index in [0.717, 1.165) is 18.4 Å². The van der Waals surface area contributed by atoms with Crippen molar-refractivity contribution in [3.05, 3.63) is 47.0 Å². The van der Waals surface area contributed by atoms with Crippen molar-refractivity contribution < 1.29 is 14.4 Å². The Morgan fingerprint density at radius 2 is 1.78 bits per heavy atom. The minimum atomic E-state index is -0.226. The first-order chi connectivity index (χ1) is 13.0. The molecule has 1 aromatic carbocycles. The molecule has 27 heavy (non-hydrogen) atoms. The third kappa shape index (κ3) is 3.43. The summed E-state index contributed by atoms with van der Waals surface area (Å²) in [5, 5.41) is 3.00. The molecule has 1 N–H and O–H groups in total. The van der Waals surface area contributed by atoms with E-state index in [1.807, 2.05) is 19.1 Å². The molecule has 1 heterocycles. The van der Waals surface area contributed by atoms with Crippen molar-refractivity contribution >= 4 is 17.7 Å². The summed E-state index contributed by atoms with van der Waals surface area (Å²) in [5.41, 5.74) is 3.91. The minimum absolute atomic E-state index is 0.0832. The summed E-state index contributed by atoms with van der Waals surface area (Å²) in [5.74, 6) is -0.814. The van der Waals surface area contributed by atoms with Gasteiger partial charge in [-0.1, -0.05) is 30.4 Å². The first-order valence-electron chi connectivity index (χ1n) is 9.96. The molecule has 5 heteroatoms. The second-order valence-corrected chi connectivity index (χ2v) is 7.90. The number of hydrogen-bond acceptors (Lipinski definition) is 3. The molecule has 0 radical (unpaired) electrons. The fourth-order valence-corrected chi connectivity index (χ4v) is 4.56. The highest BCUT2D eigenvalue weighted by Crippen LogP contribution is 2.35. The van der Waals surface area contributed by atoms with Gasteiger partial charge in [0.1, 0.15) is 0 Å². The van der Waals surface area contributed by atoms with E-state index in [4.69, 9.17) is 0 Å². The Balaban J connectivity index is 1.32. The van der Waals surface area contributed by atoms with Crippen LogP contribution in [0.2, 0.25) is 0 Å². The van der Waals surface area contributed by atoms with Crippen LogP contribution in [0.15, 0.2) is 30.4 Å². The van der Waals surface area contributed by atoms with E-state index in [9.17, 15) is 14.4 Å². The third-order valence-electron chi connectivity index (χ3n) is 6.16. The quantitative estimate of drug-likeness (QED) is 0.644. The lowest BCUT2D eigenvalue weighted by atomic mass is 9.85. The molecule has 0 aromatic heterocycles. The van der Waals surface area contributed by atoms with Crippen molar-refractivity contribution in [1.82, 2.24) is 10.2 Å². The number of carbonyl (C=O) groups is 3. The van der Waals surface area contributed by atoms with Gasteiger partial charge in [0.05, 0.1) is 17.9 Å². The van der Waals surface area contributed by atoms with Gasteiger partial charge in [-0.05, 0) is 55.7 Å². The number of imide groups is 1. The van der Waals surface area contributed by atoms with Crippen LogP contribution in [0, 0.1) is 11.8 Å². The highest BCUT2D eigenvalue weighted by Gasteiger charge is 2.46. The number of likely N-dealkylation sites (tertiary alicyclic amines) is 1. The molecule has 3 atom stereocenters. The number of carbonyl (C=O) groups excluding carboxylic acids is 3. The fraction of sp³-hybridized carbons (Fsp3) is 0.500. The Morgan fingerprint density at radius 1 is 1.11 bits per heavy atom. The van der Waals surface area contributed by atoms with Gasteiger partial charge >= 0.3 is 0 Å². The van der Waals surface area contributed by atoms with Crippen molar-refractivity contribution in [3.8, 4) is 0 Å². The van der Waals surface area contributed by atoms with E-state index >= 15 is 0 Å². The maximum absolute atomic E-state index is 12.5. The van der Waals surface area contributed by atoms with E-state index in [0.29, 0.717) is 12.8 Å². The number of nitrogens with zero attached hydrogens (tertiary/aromatic N) is 1. The SMILES string of the molecule is C[C@@H](NC(=O)CCN1C(=O)[C@H]2CC=CC[C@H]2C1=O)c1ccc2c(c1)CCC2. The van der Waals surface area contributed by atoms with Crippen LogP contribution in [-0.2, 0) is 27.2 Å². The molecule has 0 unspecified atom stereocenters. The largest absolute Gasteiger partial charge is 0.350 e. The Kier molecular flexibility index (Phi) is 4.85. The molecule has 1 saturated heterocycles. The first-order valence-corrected chi connectivity index (χ1v) is 9.96. The second-order valence-electron chi connectivity index (χ2n) is 7.90. The zero-order chi connectivity index (χ0) is 19.0. The van der Waals surface area contributed by atoms with Gasteiger partial charge in [-0.15, -0.1) is 0 Å². The van der Waals surface area contributed by atoms with Crippen LogP contribution in [0.1, 0.15) is 55.3 Å². The Morgan fingerprint density at radius 3 is 2.48 bits per heavy atom. The summed E-state index contributed by atoms with van der Waals surface area (Å²) in [4.78, 5) is 38.6. The van der Waals surface area contributed by atoms with E-state index in [1.165, 1.54) is 22.4 Å². The van der Waals surface area contributed by atoms with E-state index in [1.54, 1.807) is 0 Å². The Hall–Kier alpha value is -2.43. The second kappa shape index (κ2) is 7.29. The molecule has 1 aliphatic heterocycles. The van der Waals surface area contributed by atoms with Crippen LogP contribution >= 0.6 is 0 Å². The van der Waals surface area contributed by atoms with E-state index in [-0.39, 0.29) is 48.6 Å². The number of nitrogens with one attached hydrogen (secondary N) is 1. The van der Waals surface area contributed by atoms with Crippen molar-refractivity contribution in [2.75, 3.05) is 6.54 Å². The summed E-state index contributed by atoms with van der Waals surface area (Å²) < 4.78 is 0. The molecule has 1 aromatic rings. The molecule has 0 saturated carbocycles. The molecular weight excluding hydrogens is 340 g/mol. The topological polar surface area (TPSA) is 66.5 Å². The lowest BCUT2D eigenvalue weighted by molar-refractivity contribution is -0.140. The molecule has 3 amide bonds. The average Bonchev–Trinajstić information content (AvgIpc) is 3.23. The Bertz CT molecular complexity index is 788. The van der Waals surface area contributed by atoms with Gasteiger partial charge in [0.15, 0.2) is 0 Å². The molecule has 4 rings (SSSR count). The first kappa shape index (κ1) is 18.0. The highest BCUT2D eigenvalue weighted by molar-refractivity contribution is 6.05. The van der Waals surface area contributed by atoms with Gasteiger partial charge < -0.3 is 5.32 Å². The third-order valence-corrected chi connectivity index (χ3v) is 6.16. The van der Waals surface area contributed by atoms with Crippen LogP contribution in [0.25, 0.3) is 0 Å². The summed E-state index contributed by atoms with van der Waals surface area (Å²) in [7, 11) is 0. The summed E-state index contributed by atoms with van der Waals surface area (Å²) in [6, 6.07) is 6.36. The van der Waals surface area contributed by atoms with Gasteiger partial charge in [-0.25, -0.2) is 0 Å². The van der Waals surface area contributed by atoms with E-state index < -0.39 is 0 Å². The van der Waals surface area contributed by atoms with Gasteiger partial charge in [-0.2, -0.15) is 0 Å². The number of fused-ring (bicyclic) bond motifs is 2. The number of aryl methyl sites for hydroxylation is 2. The van der Waals surface area contributed by atoms with Gasteiger partial charge in [0, 0.05) is 13.0 Å². The fourth-order valence-electron chi connectivity index (χ4n) is 4.56. The van der Waals surface area contributed by atoms with Crippen LogP contribution in [0.5, 0.6) is 0 Å². The predicted octanol–water partition coefficient (Wildman–Crippen LogP) is 2.69. The van der Waals surface area contributed by atoms with Crippen molar-refractivity contribution in [2.24, 2.45) is 11.8 Å².